The third-order valence-corrected chi connectivity index (χ3v) is 19.8. The summed E-state index contributed by atoms with van der Waals surface area (Å²) in [5.74, 6) is 0. The fourth-order valence-electron chi connectivity index (χ4n) is 15.2. The van der Waals surface area contributed by atoms with E-state index in [1.54, 1.807) is 0 Å². The Hall–Kier alpha value is -10.8. The molecule has 6 nitrogen and oxygen atoms in total. The van der Waals surface area contributed by atoms with E-state index >= 15 is 0 Å². The number of para-hydroxylation sites is 2. The highest BCUT2D eigenvalue weighted by atomic mass is 16.3. The monoisotopic (exact) mass is 1180 g/mol. The molecule has 91 heavy (non-hydrogen) atoms. The Balaban J connectivity index is 0.828. The topological polar surface area (TPSA) is 50.3 Å². The highest BCUT2D eigenvalue weighted by Crippen LogP contribution is 2.59. The number of hydrogen-bond donors (Lipinski definition) is 0. The number of furan rings is 3. The first-order valence-electron chi connectivity index (χ1n) is 31.8. The lowest BCUT2D eigenvalue weighted by atomic mass is 9.80. The molecule has 0 amide bonds. The maximum atomic E-state index is 7.38. The number of fused-ring (bicyclic) bond motifs is 18. The zero-order valence-electron chi connectivity index (χ0n) is 52.2. The molecule has 6 heteroatoms. The molecule has 0 fully saturated rings. The first kappa shape index (κ1) is 53.2. The Morgan fingerprint density at radius 2 is 0.824 bits per heavy atom. The molecule has 0 radical (unpaired) electrons. The zero-order chi connectivity index (χ0) is 61.4. The van der Waals surface area contributed by atoms with Gasteiger partial charge in [0.15, 0.2) is 16.7 Å². The summed E-state index contributed by atoms with van der Waals surface area (Å²) in [6, 6.07) is 90.7. The van der Waals surface area contributed by atoms with E-state index in [9.17, 15) is 0 Å². The van der Waals surface area contributed by atoms with Crippen molar-refractivity contribution < 1.29 is 13.3 Å². The number of anilines is 6. The highest BCUT2D eigenvalue weighted by Gasteiger charge is 2.43. The predicted octanol–water partition coefficient (Wildman–Crippen LogP) is 24.6. The summed E-state index contributed by atoms with van der Waals surface area (Å²) in [6.07, 6.45) is 0. The summed E-state index contributed by atoms with van der Waals surface area (Å²) < 4.78 is 24.0. The first-order chi connectivity index (χ1) is 44.1. The van der Waals surface area contributed by atoms with Crippen LogP contribution in [-0.4, -0.2) is 4.40 Å². The molecular weight excluding hydrogens is 1110 g/mol. The normalized spacial score (nSPS) is 13.4. The molecule has 1 aliphatic carbocycles. The number of benzene rings is 12. The number of rotatable bonds is 8. The average molecular weight is 1180 g/mol. The maximum Gasteiger partial charge on any atom is 0.161 e. The molecule has 12 aromatic carbocycles. The van der Waals surface area contributed by atoms with Crippen molar-refractivity contribution in [1.29, 1.82) is 0 Å². The van der Waals surface area contributed by atoms with Gasteiger partial charge in [-0.05, 0) is 157 Å². The molecule has 0 spiro atoms. The standard InChI is InChI=1S/C85H65N3O3/c1-83(2,3)55-31-35-57(36-32-55)86(70-27-17-25-64-62-41-29-52(46-72(62)89-80(64)70)50-19-11-9-12-20-50)59-39-43-66-69(48-59)85(7,8)76-75-61-24-16-15-23-54(61)45-68-77(75)88(78(66)76)79-67-44-40-60(49-74(67)91-82(68)79)87(58-37-33-56(34-38-58)84(4,5)6)71-28-18-26-65-63-42-30-53(47-73(63)90-81(65)71)51-21-13-10-14-22-51/h9-49H,1-8H3. The Kier molecular flexibility index (Phi) is 11.2. The second-order valence-electron chi connectivity index (χ2n) is 27.7. The van der Waals surface area contributed by atoms with E-state index in [0.29, 0.717) is 0 Å². The van der Waals surface area contributed by atoms with Crippen LogP contribution in [0.15, 0.2) is 262 Å². The number of nitrogens with zero attached hydrogens (tertiary/aromatic N) is 3. The van der Waals surface area contributed by atoms with Gasteiger partial charge in [0.1, 0.15) is 22.3 Å². The van der Waals surface area contributed by atoms with Crippen molar-refractivity contribution in [2.75, 3.05) is 9.80 Å². The van der Waals surface area contributed by atoms with Crippen LogP contribution in [0.3, 0.4) is 0 Å². The van der Waals surface area contributed by atoms with E-state index in [1.165, 1.54) is 55.2 Å². The Morgan fingerprint density at radius 3 is 1.38 bits per heavy atom. The van der Waals surface area contributed by atoms with Crippen LogP contribution in [0.1, 0.15) is 77.6 Å². The SMILES string of the molecule is CC(C)(C)c1ccc(N(c2ccc3c(c2)C(C)(C)c2c-3n3c4c5ccc(N(c6ccc(C(C)(C)C)cc6)c6cccc7c6oc6cc(-c8ccccc8)ccc67)cc5oc4c4cc5ccccc5c2c43)c2cccc3c2oc2cc(-c4ccccc4)ccc23)cc1. The molecule has 0 unspecified atom stereocenters. The third-order valence-electron chi connectivity index (χ3n) is 19.8. The van der Waals surface area contributed by atoms with Crippen molar-refractivity contribution in [3.8, 4) is 33.5 Å². The van der Waals surface area contributed by atoms with E-state index in [4.69, 9.17) is 13.3 Å². The van der Waals surface area contributed by atoms with E-state index in [2.05, 4.69) is 318 Å². The van der Waals surface area contributed by atoms with Crippen LogP contribution < -0.4 is 9.80 Å². The van der Waals surface area contributed by atoms with Gasteiger partial charge in [-0.1, -0.05) is 207 Å². The van der Waals surface area contributed by atoms with Gasteiger partial charge in [-0.3, -0.25) is 0 Å². The van der Waals surface area contributed by atoms with Gasteiger partial charge in [0.2, 0.25) is 0 Å². The molecule has 0 aliphatic heterocycles. The van der Waals surface area contributed by atoms with Gasteiger partial charge >= 0.3 is 0 Å². The largest absolute Gasteiger partial charge is 0.454 e. The van der Waals surface area contributed by atoms with Gasteiger partial charge in [-0.2, -0.15) is 0 Å². The first-order valence-corrected chi connectivity index (χ1v) is 31.8. The van der Waals surface area contributed by atoms with Gasteiger partial charge in [0.05, 0.1) is 28.3 Å². The fourth-order valence-corrected chi connectivity index (χ4v) is 15.2. The van der Waals surface area contributed by atoms with Crippen LogP contribution in [0.2, 0.25) is 0 Å². The van der Waals surface area contributed by atoms with Crippen LogP contribution in [0, 0.1) is 0 Å². The van der Waals surface area contributed by atoms with Gasteiger partial charge in [-0.25, -0.2) is 0 Å². The Morgan fingerprint density at radius 1 is 0.352 bits per heavy atom. The zero-order valence-corrected chi connectivity index (χ0v) is 52.2. The molecule has 0 atom stereocenters. The Bertz CT molecular complexity index is 5810. The van der Waals surface area contributed by atoms with Gasteiger partial charge in [0, 0.05) is 71.8 Å². The summed E-state index contributed by atoms with van der Waals surface area (Å²) in [5, 5.41) is 10.2. The van der Waals surface area contributed by atoms with Crippen molar-refractivity contribution in [2.24, 2.45) is 0 Å². The summed E-state index contributed by atoms with van der Waals surface area (Å²) in [5.41, 5.74) is 25.1. The lowest BCUT2D eigenvalue weighted by Gasteiger charge is -2.29. The quantitative estimate of drug-likeness (QED) is 0.152. The molecule has 0 saturated carbocycles. The summed E-state index contributed by atoms with van der Waals surface area (Å²) in [7, 11) is 0. The van der Waals surface area contributed by atoms with E-state index in [-0.39, 0.29) is 10.8 Å². The molecular formula is C85H65N3O3. The molecule has 0 N–H and O–H groups in total. The van der Waals surface area contributed by atoms with Crippen molar-refractivity contribution in [3.05, 3.63) is 271 Å². The van der Waals surface area contributed by atoms with Gasteiger partial charge < -0.3 is 27.5 Å². The Labute approximate surface area is 527 Å². The number of hydrogen-bond acceptors (Lipinski definition) is 5. The average Bonchev–Trinajstić information content (AvgIpc) is 1.50. The molecule has 5 aromatic heterocycles. The summed E-state index contributed by atoms with van der Waals surface area (Å²) in [6.45, 7) is 18.5. The smallest absolute Gasteiger partial charge is 0.161 e. The molecule has 1 aliphatic rings. The third kappa shape index (κ3) is 7.91. The molecule has 438 valence electrons. The molecule has 0 bridgehead atoms. The van der Waals surface area contributed by atoms with E-state index in [0.717, 1.165) is 128 Å². The molecule has 5 heterocycles. The van der Waals surface area contributed by atoms with E-state index in [1.807, 2.05) is 0 Å². The lowest BCUT2D eigenvalue weighted by molar-refractivity contribution is 0.590. The minimum absolute atomic E-state index is 0.0138. The van der Waals surface area contributed by atoms with Crippen molar-refractivity contribution in [1.82, 2.24) is 4.40 Å². The van der Waals surface area contributed by atoms with Crippen LogP contribution in [0.25, 0.3) is 127 Å². The van der Waals surface area contributed by atoms with Gasteiger partial charge in [0.25, 0.3) is 0 Å². The lowest BCUT2D eigenvalue weighted by Crippen LogP contribution is -2.17. The second-order valence-corrected chi connectivity index (χ2v) is 27.7. The maximum absolute atomic E-state index is 7.38. The van der Waals surface area contributed by atoms with Crippen LogP contribution in [0.5, 0.6) is 0 Å². The fraction of sp³-hybridized carbons (Fsp3) is 0.129. The minimum Gasteiger partial charge on any atom is -0.454 e. The predicted molar refractivity (Wildman–Crippen MR) is 381 cm³/mol. The molecule has 17 aromatic rings. The van der Waals surface area contributed by atoms with Crippen LogP contribution in [-0.2, 0) is 16.2 Å². The van der Waals surface area contributed by atoms with Crippen LogP contribution in [0.4, 0.5) is 34.1 Å². The second kappa shape index (κ2) is 19.1. The summed E-state index contributed by atoms with van der Waals surface area (Å²) >= 11 is 0. The summed E-state index contributed by atoms with van der Waals surface area (Å²) in [4.78, 5) is 4.74. The van der Waals surface area contributed by atoms with E-state index < -0.39 is 5.41 Å². The van der Waals surface area contributed by atoms with Gasteiger partial charge in [-0.15, -0.1) is 0 Å². The van der Waals surface area contributed by atoms with Crippen molar-refractivity contribution >= 4 is 127 Å². The molecule has 0 saturated heterocycles. The van der Waals surface area contributed by atoms with Crippen molar-refractivity contribution in [3.63, 3.8) is 0 Å². The number of aromatic nitrogens is 1. The molecule has 18 rings (SSSR count). The minimum atomic E-state index is -0.416. The van der Waals surface area contributed by atoms with Crippen molar-refractivity contribution in [2.45, 2.75) is 71.6 Å². The van der Waals surface area contributed by atoms with Crippen LogP contribution >= 0.6 is 0 Å². The highest BCUT2D eigenvalue weighted by molar-refractivity contribution is 6.29.